The van der Waals surface area contributed by atoms with Crippen molar-refractivity contribution in [3.05, 3.63) is 30.4 Å². The van der Waals surface area contributed by atoms with Gasteiger partial charge < -0.3 is 9.80 Å². The van der Waals surface area contributed by atoms with Gasteiger partial charge in [-0.3, -0.25) is 0 Å². The maximum atomic E-state index is 4.81. The lowest BCUT2D eigenvalue weighted by Gasteiger charge is -2.32. The molecule has 0 N–H and O–H groups in total. The van der Waals surface area contributed by atoms with Crippen LogP contribution in [0.25, 0.3) is 5.65 Å². The normalized spacial score (nSPS) is 19.2. The predicted octanol–water partition coefficient (Wildman–Crippen LogP) is 0.805. The van der Waals surface area contributed by atoms with Gasteiger partial charge in [0.2, 0.25) is 0 Å². The Kier molecular flexibility index (Phi) is 4.00. The minimum absolute atomic E-state index is 0.420. The van der Waals surface area contributed by atoms with Gasteiger partial charge in [0.1, 0.15) is 5.82 Å². The zero-order chi connectivity index (χ0) is 17.3. The van der Waals surface area contributed by atoms with Crippen LogP contribution in [0.3, 0.4) is 0 Å². The number of fused-ring (bicyclic) bond motifs is 1. The summed E-state index contributed by atoms with van der Waals surface area (Å²) in [5.74, 6) is 2.47. The number of hydrogen-bond donors (Lipinski definition) is 0. The van der Waals surface area contributed by atoms with E-state index in [1.807, 2.05) is 10.6 Å². The number of piperidine rings is 1. The van der Waals surface area contributed by atoms with Crippen LogP contribution in [0.4, 0.5) is 5.82 Å². The van der Waals surface area contributed by atoms with Crippen molar-refractivity contribution in [1.82, 2.24) is 39.7 Å². The monoisotopic (exact) mass is 353 g/mol. The Morgan fingerprint density at radius 1 is 0.923 bits per heavy atom. The van der Waals surface area contributed by atoms with Crippen LogP contribution in [-0.4, -0.2) is 72.4 Å². The first-order chi connectivity index (χ1) is 12.9. The molecular weight excluding hydrogens is 330 g/mol. The molecule has 2 aliphatic rings. The molecule has 3 aromatic rings. The van der Waals surface area contributed by atoms with Crippen LogP contribution in [0, 0.1) is 0 Å². The summed E-state index contributed by atoms with van der Waals surface area (Å²) >= 11 is 0. The summed E-state index contributed by atoms with van der Waals surface area (Å²) in [6.45, 7) is 6.14. The Morgan fingerprint density at radius 3 is 2.46 bits per heavy atom. The molecule has 5 rings (SSSR count). The highest BCUT2D eigenvalue weighted by atomic mass is 15.5. The Labute approximate surface area is 151 Å². The van der Waals surface area contributed by atoms with Crippen molar-refractivity contribution in [1.29, 1.82) is 0 Å². The Balaban J connectivity index is 1.25. The van der Waals surface area contributed by atoms with Crippen molar-refractivity contribution in [2.45, 2.75) is 31.7 Å². The highest BCUT2D eigenvalue weighted by molar-refractivity contribution is 5.47. The largest absolute Gasteiger partial charge is 0.355 e. The van der Waals surface area contributed by atoms with Crippen LogP contribution in [0.1, 0.15) is 31.0 Å². The van der Waals surface area contributed by atoms with Crippen molar-refractivity contribution in [3.63, 3.8) is 0 Å². The second-order valence-electron chi connectivity index (χ2n) is 7.10. The molecule has 2 saturated heterocycles. The molecule has 0 bridgehead atoms. The second-order valence-corrected chi connectivity index (χ2v) is 7.10. The first kappa shape index (κ1) is 15.7. The van der Waals surface area contributed by atoms with E-state index in [9.17, 15) is 0 Å². The third-order valence-corrected chi connectivity index (χ3v) is 5.49. The molecule has 0 saturated carbocycles. The third kappa shape index (κ3) is 2.92. The first-order valence-electron chi connectivity index (χ1n) is 9.40. The number of anilines is 1. The minimum atomic E-state index is 0.420. The molecular formula is C17H23N9. The van der Waals surface area contributed by atoms with Gasteiger partial charge in [-0.05, 0) is 44.5 Å². The molecule has 0 atom stereocenters. The third-order valence-electron chi connectivity index (χ3n) is 5.49. The average molecular weight is 353 g/mol. The van der Waals surface area contributed by atoms with Crippen LogP contribution in [0.5, 0.6) is 0 Å². The predicted molar refractivity (Wildman–Crippen MR) is 96.0 cm³/mol. The lowest BCUT2D eigenvalue weighted by atomic mass is 9.96. The molecule has 0 amide bonds. The van der Waals surface area contributed by atoms with E-state index in [0.29, 0.717) is 5.92 Å². The van der Waals surface area contributed by atoms with E-state index in [4.69, 9.17) is 5.10 Å². The molecule has 0 unspecified atom stereocenters. The SMILES string of the molecule is c1cnn(CCN2CCC(c3nnc4ccc(N5CCC5)nn34)CC2)n1. The number of likely N-dealkylation sites (tertiary alicyclic amines) is 1. The number of rotatable bonds is 5. The Morgan fingerprint density at radius 2 is 1.73 bits per heavy atom. The van der Waals surface area contributed by atoms with Gasteiger partial charge >= 0.3 is 0 Å². The topological polar surface area (TPSA) is 80.3 Å². The molecule has 5 heterocycles. The summed E-state index contributed by atoms with van der Waals surface area (Å²) in [5, 5.41) is 21.9. The number of aromatic nitrogens is 7. The summed E-state index contributed by atoms with van der Waals surface area (Å²) in [6.07, 6.45) is 6.88. The Bertz CT molecular complexity index is 860. The molecule has 2 fully saturated rings. The first-order valence-corrected chi connectivity index (χ1v) is 9.40. The second kappa shape index (κ2) is 6.64. The Hall–Kier alpha value is -2.55. The van der Waals surface area contributed by atoms with E-state index < -0.39 is 0 Å². The average Bonchev–Trinajstić information content (AvgIpc) is 3.28. The highest BCUT2D eigenvalue weighted by Gasteiger charge is 2.26. The van der Waals surface area contributed by atoms with Crippen LogP contribution in [0.2, 0.25) is 0 Å². The maximum absolute atomic E-state index is 4.81. The molecule has 9 heteroatoms. The van der Waals surface area contributed by atoms with Gasteiger partial charge in [-0.1, -0.05) is 0 Å². The highest BCUT2D eigenvalue weighted by Crippen LogP contribution is 2.27. The summed E-state index contributed by atoms with van der Waals surface area (Å²) in [6, 6.07) is 4.09. The van der Waals surface area contributed by atoms with E-state index >= 15 is 0 Å². The van der Waals surface area contributed by atoms with Gasteiger partial charge in [-0.2, -0.15) is 19.5 Å². The van der Waals surface area contributed by atoms with E-state index in [-0.39, 0.29) is 0 Å². The van der Waals surface area contributed by atoms with Crippen molar-refractivity contribution < 1.29 is 0 Å². The van der Waals surface area contributed by atoms with Crippen molar-refractivity contribution in [2.24, 2.45) is 0 Å². The van der Waals surface area contributed by atoms with E-state index in [1.54, 1.807) is 17.2 Å². The zero-order valence-corrected chi connectivity index (χ0v) is 14.8. The van der Waals surface area contributed by atoms with Crippen LogP contribution >= 0.6 is 0 Å². The van der Waals surface area contributed by atoms with Crippen LogP contribution < -0.4 is 4.90 Å². The molecule has 0 aliphatic carbocycles. The van der Waals surface area contributed by atoms with Gasteiger partial charge in [-0.15, -0.1) is 15.3 Å². The van der Waals surface area contributed by atoms with E-state index in [1.165, 1.54) is 6.42 Å². The summed E-state index contributed by atoms with van der Waals surface area (Å²) in [7, 11) is 0. The molecule has 26 heavy (non-hydrogen) atoms. The van der Waals surface area contributed by atoms with Gasteiger partial charge in [0.05, 0.1) is 18.9 Å². The standard InChI is InChI=1S/C17H23N9/c1-8-24(9-1)16-3-2-15-20-21-17(26(15)22-16)14-4-10-23(11-5-14)12-13-25-18-6-7-19-25/h2-3,6-7,14H,1,4-5,8-13H2. The molecule has 3 aromatic heterocycles. The van der Waals surface area contributed by atoms with Crippen LogP contribution in [-0.2, 0) is 6.54 Å². The fourth-order valence-corrected chi connectivity index (χ4v) is 3.77. The van der Waals surface area contributed by atoms with Crippen molar-refractivity contribution in [2.75, 3.05) is 37.6 Å². The van der Waals surface area contributed by atoms with Gasteiger partial charge in [0, 0.05) is 25.6 Å². The molecule has 9 nitrogen and oxygen atoms in total. The van der Waals surface area contributed by atoms with Gasteiger partial charge in [0.15, 0.2) is 11.5 Å². The van der Waals surface area contributed by atoms with Crippen molar-refractivity contribution in [3.8, 4) is 0 Å². The lowest BCUT2D eigenvalue weighted by molar-refractivity contribution is 0.196. The molecule has 0 aromatic carbocycles. The summed E-state index contributed by atoms with van der Waals surface area (Å²) < 4.78 is 1.96. The zero-order valence-electron chi connectivity index (χ0n) is 14.8. The minimum Gasteiger partial charge on any atom is -0.355 e. The number of nitrogens with zero attached hydrogens (tertiary/aromatic N) is 9. The summed E-state index contributed by atoms with van der Waals surface area (Å²) in [4.78, 5) is 6.52. The fraction of sp³-hybridized carbons (Fsp3) is 0.588. The fourth-order valence-electron chi connectivity index (χ4n) is 3.77. The molecule has 0 spiro atoms. The number of hydrogen-bond acceptors (Lipinski definition) is 7. The van der Waals surface area contributed by atoms with E-state index in [2.05, 4.69) is 36.3 Å². The summed E-state index contributed by atoms with van der Waals surface area (Å²) in [5.41, 5.74) is 0.844. The lowest BCUT2D eigenvalue weighted by Crippen LogP contribution is -2.38. The smallest absolute Gasteiger partial charge is 0.178 e. The van der Waals surface area contributed by atoms with E-state index in [0.717, 1.165) is 69.4 Å². The van der Waals surface area contributed by atoms with Gasteiger partial charge in [0.25, 0.3) is 0 Å². The maximum Gasteiger partial charge on any atom is 0.178 e. The van der Waals surface area contributed by atoms with Gasteiger partial charge in [-0.25, -0.2) is 0 Å². The molecule has 2 aliphatic heterocycles. The van der Waals surface area contributed by atoms with Crippen molar-refractivity contribution >= 4 is 11.5 Å². The van der Waals surface area contributed by atoms with Crippen LogP contribution in [0.15, 0.2) is 24.5 Å². The molecule has 0 radical (unpaired) electrons. The molecule has 136 valence electrons. The quantitative estimate of drug-likeness (QED) is 0.671.